The van der Waals surface area contributed by atoms with Crippen molar-refractivity contribution in [2.24, 2.45) is 0 Å². The molecule has 2 atom stereocenters. The zero-order valence-electron chi connectivity index (χ0n) is 16.7. The zero-order chi connectivity index (χ0) is 20.0. The summed E-state index contributed by atoms with van der Waals surface area (Å²) >= 11 is 5.79. The highest BCUT2D eigenvalue weighted by atomic mass is 32.1. The molecule has 0 amide bonds. The molecule has 5 rings (SSSR count). The largest absolute Gasteiger partial charge is 0.352 e. The first kappa shape index (κ1) is 18.3. The summed E-state index contributed by atoms with van der Waals surface area (Å²) in [5.41, 5.74) is 6.02. The monoisotopic (exact) mass is 403 g/mol. The van der Waals surface area contributed by atoms with Crippen molar-refractivity contribution in [2.75, 3.05) is 0 Å². The molecular weight excluding hydrogens is 378 g/mol. The SMILES string of the molecule is Cc1cc(C2C(c3ccccn3)NC(=S)N2Cc2ccccn2)c(C)n1C1CC1. The molecule has 1 saturated carbocycles. The number of aryl methyl sites for hydroxylation is 1. The van der Waals surface area contributed by atoms with E-state index in [-0.39, 0.29) is 12.1 Å². The second-order valence-electron chi connectivity index (χ2n) is 8.00. The lowest BCUT2D eigenvalue weighted by atomic mass is 9.96. The summed E-state index contributed by atoms with van der Waals surface area (Å²) in [6, 6.07) is 15.2. The molecule has 148 valence electrons. The number of nitrogens with one attached hydrogen (secondary N) is 1. The molecule has 1 aliphatic heterocycles. The number of pyridine rings is 2. The Morgan fingerprint density at radius 3 is 2.48 bits per heavy atom. The Morgan fingerprint density at radius 2 is 1.83 bits per heavy atom. The van der Waals surface area contributed by atoms with Gasteiger partial charge < -0.3 is 14.8 Å². The lowest BCUT2D eigenvalue weighted by molar-refractivity contribution is 0.307. The Labute approximate surface area is 176 Å². The molecule has 4 heterocycles. The summed E-state index contributed by atoms with van der Waals surface area (Å²) in [5.74, 6) is 0. The molecule has 6 heteroatoms. The topological polar surface area (TPSA) is 46.0 Å². The van der Waals surface area contributed by atoms with Gasteiger partial charge in [0.25, 0.3) is 0 Å². The van der Waals surface area contributed by atoms with Crippen LogP contribution in [0.4, 0.5) is 0 Å². The van der Waals surface area contributed by atoms with Gasteiger partial charge in [0.15, 0.2) is 5.11 Å². The van der Waals surface area contributed by atoms with E-state index in [0.717, 1.165) is 16.5 Å². The van der Waals surface area contributed by atoms with E-state index in [2.05, 4.69) is 56.8 Å². The molecule has 2 fully saturated rings. The molecular formula is C23H25N5S. The lowest BCUT2D eigenvalue weighted by Gasteiger charge is -2.28. The summed E-state index contributed by atoms with van der Waals surface area (Å²) in [7, 11) is 0. The van der Waals surface area contributed by atoms with E-state index < -0.39 is 0 Å². The van der Waals surface area contributed by atoms with Crippen molar-refractivity contribution in [1.29, 1.82) is 0 Å². The van der Waals surface area contributed by atoms with E-state index in [0.29, 0.717) is 12.6 Å². The van der Waals surface area contributed by atoms with Crippen LogP contribution in [0.3, 0.4) is 0 Å². The zero-order valence-corrected chi connectivity index (χ0v) is 17.6. The van der Waals surface area contributed by atoms with Crippen LogP contribution in [0.2, 0.25) is 0 Å². The number of nitrogens with zero attached hydrogens (tertiary/aromatic N) is 4. The Balaban J connectivity index is 1.59. The van der Waals surface area contributed by atoms with Crippen LogP contribution in [0.15, 0.2) is 54.9 Å². The Morgan fingerprint density at radius 1 is 1.07 bits per heavy atom. The number of aromatic nitrogens is 3. The normalized spacial score (nSPS) is 21.4. The summed E-state index contributed by atoms with van der Waals surface area (Å²) < 4.78 is 2.51. The van der Waals surface area contributed by atoms with Crippen molar-refractivity contribution < 1.29 is 0 Å². The fraction of sp³-hybridized carbons (Fsp3) is 0.348. The van der Waals surface area contributed by atoms with Crippen LogP contribution in [0, 0.1) is 13.8 Å². The van der Waals surface area contributed by atoms with Gasteiger partial charge in [-0.05, 0) is 74.8 Å². The minimum absolute atomic E-state index is 0.0144. The molecule has 5 nitrogen and oxygen atoms in total. The van der Waals surface area contributed by atoms with Gasteiger partial charge >= 0.3 is 0 Å². The van der Waals surface area contributed by atoms with Gasteiger partial charge in [-0.1, -0.05) is 12.1 Å². The van der Waals surface area contributed by atoms with Crippen molar-refractivity contribution in [2.45, 2.75) is 51.4 Å². The van der Waals surface area contributed by atoms with E-state index in [1.807, 2.05) is 36.7 Å². The average Bonchev–Trinajstić information content (AvgIpc) is 3.46. The van der Waals surface area contributed by atoms with E-state index in [1.165, 1.54) is 29.8 Å². The van der Waals surface area contributed by atoms with Crippen LogP contribution >= 0.6 is 12.2 Å². The van der Waals surface area contributed by atoms with E-state index in [4.69, 9.17) is 12.2 Å². The van der Waals surface area contributed by atoms with E-state index >= 15 is 0 Å². The van der Waals surface area contributed by atoms with Crippen LogP contribution in [0.25, 0.3) is 0 Å². The van der Waals surface area contributed by atoms with Gasteiger partial charge in [-0.15, -0.1) is 0 Å². The molecule has 29 heavy (non-hydrogen) atoms. The smallest absolute Gasteiger partial charge is 0.170 e. The molecule has 3 aromatic heterocycles. The van der Waals surface area contributed by atoms with E-state index in [1.54, 1.807) is 0 Å². The molecule has 1 N–H and O–H groups in total. The second-order valence-corrected chi connectivity index (χ2v) is 8.39. The van der Waals surface area contributed by atoms with Crippen LogP contribution in [-0.4, -0.2) is 24.5 Å². The van der Waals surface area contributed by atoms with Crippen LogP contribution < -0.4 is 5.32 Å². The van der Waals surface area contributed by atoms with Crippen molar-refractivity contribution >= 4 is 17.3 Å². The standard InChI is InChI=1S/C23H25N5S/c1-15-13-19(16(2)28(15)18-9-10-18)22-21(20-8-4-6-12-25-20)26-23(29)27(22)14-17-7-3-5-11-24-17/h3-8,11-13,18,21-22H,9-10,14H2,1-2H3,(H,26,29). The van der Waals surface area contributed by atoms with Crippen molar-refractivity contribution in [3.63, 3.8) is 0 Å². The Bertz CT molecular complexity index is 1030. The maximum absolute atomic E-state index is 5.79. The van der Waals surface area contributed by atoms with Gasteiger partial charge in [0.1, 0.15) is 0 Å². The molecule has 2 aliphatic rings. The van der Waals surface area contributed by atoms with Crippen molar-refractivity contribution in [1.82, 2.24) is 24.8 Å². The predicted octanol–water partition coefficient (Wildman–Crippen LogP) is 4.40. The van der Waals surface area contributed by atoms with Gasteiger partial charge in [-0.2, -0.15) is 0 Å². The third-order valence-corrected chi connectivity index (χ3v) is 6.36. The van der Waals surface area contributed by atoms with Gasteiger partial charge in [0.05, 0.1) is 30.0 Å². The quantitative estimate of drug-likeness (QED) is 0.640. The number of rotatable bonds is 5. The molecule has 1 saturated heterocycles. The Kier molecular flexibility index (Phi) is 4.59. The van der Waals surface area contributed by atoms with Gasteiger partial charge in [-0.25, -0.2) is 0 Å². The summed E-state index contributed by atoms with van der Waals surface area (Å²) in [5, 5.41) is 4.30. The first-order chi connectivity index (χ1) is 14.1. The molecule has 3 aromatic rings. The highest BCUT2D eigenvalue weighted by Gasteiger charge is 2.42. The highest BCUT2D eigenvalue weighted by Crippen LogP contribution is 2.44. The summed E-state index contributed by atoms with van der Waals surface area (Å²) in [6.45, 7) is 5.14. The number of hydrogen-bond acceptors (Lipinski definition) is 3. The summed E-state index contributed by atoms with van der Waals surface area (Å²) in [4.78, 5) is 11.5. The lowest BCUT2D eigenvalue weighted by Crippen LogP contribution is -2.29. The molecule has 0 bridgehead atoms. The molecule has 2 unspecified atom stereocenters. The maximum atomic E-state index is 5.79. The molecule has 1 aliphatic carbocycles. The van der Waals surface area contributed by atoms with Crippen LogP contribution in [0.5, 0.6) is 0 Å². The first-order valence-corrected chi connectivity index (χ1v) is 10.6. The van der Waals surface area contributed by atoms with Crippen molar-refractivity contribution in [3.8, 4) is 0 Å². The number of hydrogen-bond donors (Lipinski definition) is 1. The summed E-state index contributed by atoms with van der Waals surface area (Å²) in [6.07, 6.45) is 6.25. The minimum atomic E-state index is 0.0144. The fourth-order valence-corrected chi connectivity index (χ4v) is 4.88. The van der Waals surface area contributed by atoms with Gasteiger partial charge in [0.2, 0.25) is 0 Å². The van der Waals surface area contributed by atoms with Gasteiger partial charge in [-0.3, -0.25) is 9.97 Å². The minimum Gasteiger partial charge on any atom is -0.352 e. The molecule has 0 spiro atoms. The second kappa shape index (κ2) is 7.26. The maximum Gasteiger partial charge on any atom is 0.170 e. The fourth-order valence-electron chi connectivity index (χ4n) is 4.58. The van der Waals surface area contributed by atoms with Crippen LogP contribution in [-0.2, 0) is 6.54 Å². The molecule has 0 radical (unpaired) electrons. The van der Waals surface area contributed by atoms with Crippen LogP contribution in [0.1, 0.15) is 59.3 Å². The van der Waals surface area contributed by atoms with Crippen molar-refractivity contribution in [3.05, 3.63) is 83.2 Å². The highest BCUT2D eigenvalue weighted by molar-refractivity contribution is 7.80. The molecule has 0 aromatic carbocycles. The third-order valence-electron chi connectivity index (χ3n) is 6.01. The third kappa shape index (κ3) is 3.31. The number of thiocarbonyl (C=S) groups is 1. The van der Waals surface area contributed by atoms with E-state index in [9.17, 15) is 0 Å². The Hall–Kier alpha value is -2.73. The average molecular weight is 404 g/mol. The predicted molar refractivity (Wildman–Crippen MR) is 117 cm³/mol. The first-order valence-electron chi connectivity index (χ1n) is 10.2. The van der Waals surface area contributed by atoms with Gasteiger partial charge in [0, 0.05) is 29.8 Å².